The summed E-state index contributed by atoms with van der Waals surface area (Å²) < 4.78 is 1.82. The topological polar surface area (TPSA) is 63.6 Å². The molecule has 1 aliphatic rings. The zero-order chi connectivity index (χ0) is 17.7. The predicted molar refractivity (Wildman–Crippen MR) is 99.8 cm³/mol. The van der Waals surface area contributed by atoms with E-state index in [9.17, 15) is 4.79 Å². The van der Waals surface area contributed by atoms with Crippen LogP contribution in [0.3, 0.4) is 0 Å². The molecule has 0 saturated heterocycles. The lowest BCUT2D eigenvalue weighted by atomic mass is 9.81. The number of nitrogens with zero attached hydrogens (tertiary/aromatic N) is 3. The SMILES string of the molecule is Cc1nn(-c2nc3ccccc3[nH]2)c2c1C(=O)C[C@H](c1ccccc1)C2. The van der Waals surface area contributed by atoms with Crippen molar-refractivity contribution >= 4 is 16.8 Å². The molecule has 128 valence electrons. The highest BCUT2D eigenvalue weighted by atomic mass is 16.1. The van der Waals surface area contributed by atoms with E-state index in [1.807, 2.05) is 54.1 Å². The number of para-hydroxylation sites is 2. The van der Waals surface area contributed by atoms with E-state index < -0.39 is 0 Å². The Balaban J connectivity index is 1.64. The van der Waals surface area contributed by atoms with Gasteiger partial charge in [0.05, 0.1) is 28.0 Å². The van der Waals surface area contributed by atoms with Gasteiger partial charge in [-0.3, -0.25) is 4.79 Å². The quantitative estimate of drug-likeness (QED) is 0.599. The van der Waals surface area contributed by atoms with Crippen LogP contribution in [0.4, 0.5) is 0 Å². The van der Waals surface area contributed by atoms with Gasteiger partial charge >= 0.3 is 0 Å². The van der Waals surface area contributed by atoms with Crippen LogP contribution < -0.4 is 0 Å². The first-order valence-electron chi connectivity index (χ1n) is 8.82. The molecule has 0 spiro atoms. The average molecular weight is 342 g/mol. The molecule has 0 amide bonds. The fourth-order valence-electron chi connectivity index (χ4n) is 3.93. The van der Waals surface area contributed by atoms with Crippen molar-refractivity contribution in [3.05, 3.63) is 77.1 Å². The number of hydrogen-bond acceptors (Lipinski definition) is 3. The zero-order valence-electron chi connectivity index (χ0n) is 14.4. The number of benzene rings is 2. The number of carbonyl (C=O) groups is 1. The fourth-order valence-corrected chi connectivity index (χ4v) is 3.93. The highest BCUT2D eigenvalue weighted by Gasteiger charge is 2.32. The van der Waals surface area contributed by atoms with Crippen molar-refractivity contribution in [2.45, 2.75) is 25.7 Å². The summed E-state index contributed by atoms with van der Waals surface area (Å²) in [7, 11) is 0. The maximum absolute atomic E-state index is 12.8. The molecule has 5 rings (SSSR count). The Hall–Kier alpha value is -3.21. The van der Waals surface area contributed by atoms with Crippen molar-refractivity contribution in [3.8, 4) is 5.95 Å². The first-order valence-corrected chi connectivity index (χ1v) is 8.82. The standard InChI is InChI=1S/C21H18N4O/c1-13-20-18(11-15(12-19(20)26)14-7-3-2-4-8-14)25(24-13)21-22-16-9-5-6-10-17(16)23-21/h2-10,15H,11-12H2,1H3,(H,22,23)/t15-/m1/s1. The second-order valence-electron chi connectivity index (χ2n) is 6.84. The summed E-state index contributed by atoms with van der Waals surface area (Å²) in [6, 6.07) is 18.1. The van der Waals surface area contributed by atoms with Gasteiger partial charge in [0, 0.05) is 6.42 Å². The molecule has 5 heteroatoms. The molecule has 0 bridgehead atoms. The zero-order valence-corrected chi connectivity index (χ0v) is 14.4. The normalized spacial score (nSPS) is 16.8. The van der Waals surface area contributed by atoms with Gasteiger partial charge in [-0.05, 0) is 37.0 Å². The number of H-pyrrole nitrogens is 1. The number of hydrogen-bond donors (Lipinski definition) is 1. The summed E-state index contributed by atoms with van der Waals surface area (Å²) in [4.78, 5) is 20.8. The maximum atomic E-state index is 12.8. The molecule has 0 aliphatic heterocycles. The minimum absolute atomic E-state index is 0.167. The maximum Gasteiger partial charge on any atom is 0.229 e. The molecule has 0 unspecified atom stereocenters. The third-order valence-electron chi connectivity index (χ3n) is 5.15. The average Bonchev–Trinajstić information content (AvgIpc) is 3.23. The van der Waals surface area contributed by atoms with Crippen LogP contribution in [0.1, 0.15) is 39.6 Å². The van der Waals surface area contributed by atoms with Crippen LogP contribution in [-0.2, 0) is 6.42 Å². The molecular weight excluding hydrogens is 324 g/mol. The molecule has 26 heavy (non-hydrogen) atoms. The number of carbonyl (C=O) groups excluding carboxylic acids is 1. The summed E-state index contributed by atoms with van der Waals surface area (Å²) in [5.74, 6) is 1.01. The van der Waals surface area contributed by atoms with Crippen molar-refractivity contribution in [2.24, 2.45) is 0 Å². The molecule has 2 aromatic carbocycles. The number of Topliss-reactive ketones (excluding diaryl/α,β-unsaturated/α-hetero) is 1. The summed E-state index contributed by atoms with van der Waals surface area (Å²) in [5.41, 5.74) is 5.54. The number of nitrogens with one attached hydrogen (secondary N) is 1. The summed E-state index contributed by atoms with van der Waals surface area (Å²) in [5, 5.41) is 4.64. The number of rotatable bonds is 2. The molecule has 5 nitrogen and oxygen atoms in total. The number of aromatic amines is 1. The molecule has 2 heterocycles. The van der Waals surface area contributed by atoms with Crippen LogP contribution in [0, 0.1) is 6.92 Å². The van der Waals surface area contributed by atoms with Crippen molar-refractivity contribution < 1.29 is 4.79 Å². The van der Waals surface area contributed by atoms with E-state index in [4.69, 9.17) is 0 Å². The van der Waals surface area contributed by atoms with Gasteiger partial charge in [-0.2, -0.15) is 5.10 Å². The summed E-state index contributed by atoms with van der Waals surface area (Å²) >= 11 is 0. The third-order valence-corrected chi connectivity index (χ3v) is 5.15. The van der Waals surface area contributed by atoms with Crippen molar-refractivity contribution in [1.82, 2.24) is 19.7 Å². The van der Waals surface area contributed by atoms with Gasteiger partial charge in [0.25, 0.3) is 0 Å². The van der Waals surface area contributed by atoms with Crippen LogP contribution >= 0.6 is 0 Å². The second kappa shape index (κ2) is 5.66. The second-order valence-corrected chi connectivity index (χ2v) is 6.84. The van der Waals surface area contributed by atoms with Gasteiger partial charge in [-0.25, -0.2) is 9.67 Å². The Labute approximate surface area is 150 Å². The van der Waals surface area contributed by atoms with Gasteiger partial charge in [0.15, 0.2) is 5.78 Å². The van der Waals surface area contributed by atoms with E-state index in [1.54, 1.807) is 0 Å². The van der Waals surface area contributed by atoms with Gasteiger partial charge in [0.2, 0.25) is 5.95 Å². The minimum atomic E-state index is 0.167. The fraction of sp³-hybridized carbons (Fsp3) is 0.190. The Morgan fingerprint density at radius 3 is 2.62 bits per heavy atom. The van der Waals surface area contributed by atoms with E-state index in [2.05, 4.69) is 27.2 Å². The highest BCUT2D eigenvalue weighted by molar-refractivity contribution is 6.00. The van der Waals surface area contributed by atoms with E-state index in [0.29, 0.717) is 12.4 Å². The molecule has 2 aromatic heterocycles. The Morgan fingerprint density at radius 1 is 1.04 bits per heavy atom. The van der Waals surface area contributed by atoms with Crippen molar-refractivity contribution in [1.29, 1.82) is 0 Å². The summed E-state index contributed by atoms with van der Waals surface area (Å²) in [6.07, 6.45) is 1.31. The first kappa shape index (κ1) is 15.1. The van der Waals surface area contributed by atoms with Gasteiger partial charge in [-0.1, -0.05) is 42.5 Å². The van der Waals surface area contributed by atoms with Crippen LogP contribution in [0.15, 0.2) is 54.6 Å². The lowest BCUT2D eigenvalue weighted by Crippen LogP contribution is -2.20. The summed E-state index contributed by atoms with van der Waals surface area (Å²) in [6.45, 7) is 1.90. The molecule has 4 aromatic rings. The van der Waals surface area contributed by atoms with Crippen LogP contribution in [0.25, 0.3) is 17.0 Å². The largest absolute Gasteiger partial charge is 0.322 e. The highest BCUT2D eigenvalue weighted by Crippen LogP contribution is 2.35. The molecule has 0 saturated carbocycles. The molecule has 1 N–H and O–H groups in total. The van der Waals surface area contributed by atoms with Crippen molar-refractivity contribution in [2.75, 3.05) is 0 Å². The number of fused-ring (bicyclic) bond motifs is 2. The molecule has 1 aliphatic carbocycles. The van der Waals surface area contributed by atoms with Crippen molar-refractivity contribution in [3.63, 3.8) is 0 Å². The molecule has 1 atom stereocenters. The predicted octanol–water partition coefficient (Wildman–Crippen LogP) is 3.97. The van der Waals surface area contributed by atoms with Gasteiger partial charge in [0.1, 0.15) is 0 Å². The monoisotopic (exact) mass is 342 g/mol. The van der Waals surface area contributed by atoms with Crippen LogP contribution in [0.5, 0.6) is 0 Å². The number of ketones is 1. The van der Waals surface area contributed by atoms with E-state index in [-0.39, 0.29) is 11.7 Å². The Kier molecular flexibility index (Phi) is 3.28. The molecule has 0 radical (unpaired) electrons. The van der Waals surface area contributed by atoms with Crippen LogP contribution in [0.2, 0.25) is 0 Å². The van der Waals surface area contributed by atoms with Gasteiger partial charge in [-0.15, -0.1) is 0 Å². The molecular formula is C21H18N4O. The Morgan fingerprint density at radius 2 is 1.81 bits per heavy atom. The minimum Gasteiger partial charge on any atom is -0.322 e. The lowest BCUT2D eigenvalue weighted by molar-refractivity contribution is 0.0963. The number of aryl methyl sites for hydroxylation is 1. The lowest BCUT2D eigenvalue weighted by Gasteiger charge is -2.22. The van der Waals surface area contributed by atoms with E-state index in [1.165, 1.54) is 5.56 Å². The van der Waals surface area contributed by atoms with Crippen LogP contribution in [-0.4, -0.2) is 25.5 Å². The number of imidazole rings is 1. The molecule has 0 fully saturated rings. The Bertz CT molecular complexity index is 1090. The first-order chi connectivity index (χ1) is 12.7. The van der Waals surface area contributed by atoms with E-state index >= 15 is 0 Å². The number of aromatic nitrogens is 4. The third kappa shape index (κ3) is 2.28. The van der Waals surface area contributed by atoms with E-state index in [0.717, 1.165) is 34.4 Å². The van der Waals surface area contributed by atoms with Gasteiger partial charge < -0.3 is 4.98 Å². The smallest absolute Gasteiger partial charge is 0.229 e.